The Morgan fingerprint density at radius 2 is 1.77 bits per heavy atom. The predicted molar refractivity (Wildman–Crippen MR) is 104 cm³/mol. The molecule has 0 unspecified atom stereocenters. The molecule has 1 aromatic heterocycles. The third kappa shape index (κ3) is 4.49. The minimum atomic E-state index is -3.72. The minimum absolute atomic E-state index is 0.0614. The second-order valence-corrected chi connectivity index (χ2v) is 9.08. The normalized spacial score (nSPS) is 11.3. The van der Waals surface area contributed by atoms with Crippen LogP contribution in [-0.2, 0) is 14.6 Å². The lowest BCUT2D eigenvalue weighted by Gasteiger charge is -2.07. The standard InChI is InChI=1S/C18H15ClN2O3S2/c1-12-20-17(10-25-12)13-2-6-15(7-3-13)21-18(22)11-26(23,24)16-8-4-14(19)5-9-16/h2-10H,11H2,1H3,(H,21,22). The number of hydrogen-bond acceptors (Lipinski definition) is 5. The molecule has 1 amide bonds. The Bertz CT molecular complexity index is 1030. The third-order valence-electron chi connectivity index (χ3n) is 3.58. The van der Waals surface area contributed by atoms with Gasteiger partial charge in [0.25, 0.3) is 0 Å². The molecular formula is C18H15ClN2O3S2. The first kappa shape index (κ1) is 18.6. The number of anilines is 1. The second-order valence-electron chi connectivity index (χ2n) is 5.59. The van der Waals surface area contributed by atoms with Gasteiger partial charge in [-0.1, -0.05) is 23.7 Å². The lowest BCUT2D eigenvalue weighted by Crippen LogP contribution is -2.23. The van der Waals surface area contributed by atoms with E-state index in [2.05, 4.69) is 10.3 Å². The van der Waals surface area contributed by atoms with E-state index in [4.69, 9.17) is 11.6 Å². The van der Waals surface area contributed by atoms with Crippen molar-refractivity contribution in [3.05, 3.63) is 63.9 Å². The zero-order valence-electron chi connectivity index (χ0n) is 13.8. The molecule has 8 heteroatoms. The maximum absolute atomic E-state index is 12.3. The van der Waals surface area contributed by atoms with Crippen LogP contribution in [0.3, 0.4) is 0 Å². The van der Waals surface area contributed by atoms with Crippen LogP contribution in [0.5, 0.6) is 0 Å². The third-order valence-corrected chi connectivity index (χ3v) is 6.24. The fourth-order valence-corrected chi connectivity index (χ4v) is 4.20. The summed E-state index contributed by atoms with van der Waals surface area (Å²) in [5, 5.41) is 5.97. The molecule has 0 saturated carbocycles. The number of rotatable bonds is 5. The van der Waals surface area contributed by atoms with Crippen molar-refractivity contribution in [2.24, 2.45) is 0 Å². The van der Waals surface area contributed by atoms with Crippen LogP contribution < -0.4 is 5.32 Å². The van der Waals surface area contributed by atoms with Crippen molar-refractivity contribution in [3.8, 4) is 11.3 Å². The summed E-state index contributed by atoms with van der Waals surface area (Å²) in [7, 11) is -3.72. The first-order valence-corrected chi connectivity index (χ1v) is 10.6. The fourth-order valence-electron chi connectivity index (χ4n) is 2.32. The summed E-state index contributed by atoms with van der Waals surface area (Å²) in [4.78, 5) is 16.6. The zero-order valence-corrected chi connectivity index (χ0v) is 16.2. The van der Waals surface area contributed by atoms with Crippen LogP contribution in [0.15, 0.2) is 58.8 Å². The van der Waals surface area contributed by atoms with Crippen molar-refractivity contribution in [2.45, 2.75) is 11.8 Å². The van der Waals surface area contributed by atoms with E-state index in [1.54, 1.807) is 23.5 Å². The molecule has 0 aliphatic rings. The van der Waals surface area contributed by atoms with Crippen molar-refractivity contribution in [3.63, 3.8) is 0 Å². The van der Waals surface area contributed by atoms with Gasteiger partial charge >= 0.3 is 0 Å². The highest BCUT2D eigenvalue weighted by Crippen LogP contribution is 2.23. The molecule has 0 bridgehead atoms. The van der Waals surface area contributed by atoms with E-state index in [1.165, 1.54) is 24.3 Å². The van der Waals surface area contributed by atoms with Crippen LogP contribution >= 0.6 is 22.9 Å². The predicted octanol–water partition coefficient (Wildman–Crippen LogP) is 4.18. The molecule has 5 nitrogen and oxygen atoms in total. The summed E-state index contributed by atoms with van der Waals surface area (Å²) in [5.41, 5.74) is 2.33. The Hall–Kier alpha value is -2.22. The number of carbonyl (C=O) groups excluding carboxylic acids is 1. The number of carbonyl (C=O) groups is 1. The van der Waals surface area contributed by atoms with Gasteiger partial charge in [0.15, 0.2) is 9.84 Å². The summed E-state index contributed by atoms with van der Waals surface area (Å²) in [6.45, 7) is 1.93. The number of hydrogen-bond donors (Lipinski definition) is 1. The molecule has 0 radical (unpaired) electrons. The van der Waals surface area contributed by atoms with Gasteiger partial charge in [0.05, 0.1) is 15.6 Å². The molecule has 1 N–H and O–H groups in total. The number of thiazole rings is 1. The zero-order chi connectivity index (χ0) is 18.7. The number of aromatic nitrogens is 1. The molecular weight excluding hydrogens is 392 g/mol. The van der Waals surface area contributed by atoms with Gasteiger partial charge in [-0.05, 0) is 43.3 Å². The SMILES string of the molecule is Cc1nc(-c2ccc(NC(=O)CS(=O)(=O)c3ccc(Cl)cc3)cc2)cs1. The van der Waals surface area contributed by atoms with Crippen LogP contribution in [0, 0.1) is 6.92 Å². The Labute approximate surface area is 160 Å². The molecule has 3 aromatic rings. The summed E-state index contributed by atoms with van der Waals surface area (Å²) in [6, 6.07) is 12.8. The van der Waals surface area contributed by atoms with Gasteiger partial charge in [-0.15, -0.1) is 11.3 Å². The molecule has 0 atom stereocenters. The average molecular weight is 407 g/mol. The quantitative estimate of drug-likeness (QED) is 0.689. The lowest BCUT2D eigenvalue weighted by atomic mass is 10.1. The lowest BCUT2D eigenvalue weighted by molar-refractivity contribution is -0.113. The molecule has 0 aliphatic carbocycles. The molecule has 26 heavy (non-hydrogen) atoms. The molecule has 3 rings (SSSR count). The van der Waals surface area contributed by atoms with E-state index < -0.39 is 21.5 Å². The first-order valence-electron chi connectivity index (χ1n) is 7.64. The molecule has 0 spiro atoms. The van der Waals surface area contributed by atoms with Gasteiger partial charge in [0.2, 0.25) is 5.91 Å². The Morgan fingerprint density at radius 3 is 2.35 bits per heavy atom. The van der Waals surface area contributed by atoms with E-state index in [-0.39, 0.29) is 4.90 Å². The minimum Gasteiger partial charge on any atom is -0.325 e. The van der Waals surface area contributed by atoms with Crippen molar-refractivity contribution < 1.29 is 13.2 Å². The number of nitrogens with zero attached hydrogens (tertiary/aromatic N) is 1. The molecule has 2 aromatic carbocycles. The van der Waals surface area contributed by atoms with E-state index >= 15 is 0 Å². The maximum Gasteiger partial charge on any atom is 0.239 e. The summed E-state index contributed by atoms with van der Waals surface area (Å²) in [5.74, 6) is -1.24. The Morgan fingerprint density at radius 1 is 1.12 bits per heavy atom. The van der Waals surface area contributed by atoms with Crippen molar-refractivity contribution in [1.82, 2.24) is 4.98 Å². The molecule has 0 fully saturated rings. The van der Waals surface area contributed by atoms with Gasteiger partial charge in [-0.25, -0.2) is 13.4 Å². The Balaban J connectivity index is 1.67. The number of halogens is 1. The van der Waals surface area contributed by atoms with Crippen molar-refractivity contribution in [2.75, 3.05) is 11.1 Å². The number of amides is 1. The van der Waals surface area contributed by atoms with Gasteiger partial charge in [-0.3, -0.25) is 4.79 Å². The highest BCUT2D eigenvalue weighted by molar-refractivity contribution is 7.92. The Kier molecular flexibility index (Phi) is 5.41. The first-order chi connectivity index (χ1) is 12.3. The van der Waals surface area contributed by atoms with Crippen LogP contribution in [0.1, 0.15) is 5.01 Å². The van der Waals surface area contributed by atoms with Crippen LogP contribution in [0.2, 0.25) is 5.02 Å². The van der Waals surface area contributed by atoms with E-state index in [0.29, 0.717) is 10.7 Å². The van der Waals surface area contributed by atoms with Gasteiger partial charge in [0, 0.05) is 21.7 Å². The summed E-state index contributed by atoms with van der Waals surface area (Å²) >= 11 is 7.32. The van der Waals surface area contributed by atoms with Crippen molar-refractivity contribution in [1.29, 1.82) is 0 Å². The molecule has 134 valence electrons. The number of aryl methyl sites for hydroxylation is 1. The van der Waals surface area contributed by atoms with Crippen LogP contribution in [0.4, 0.5) is 5.69 Å². The van der Waals surface area contributed by atoms with Crippen LogP contribution in [0.25, 0.3) is 11.3 Å². The number of sulfone groups is 1. The fraction of sp³-hybridized carbons (Fsp3) is 0.111. The van der Waals surface area contributed by atoms with Gasteiger partial charge in [-0.2, -0.15) is 0 Å². The summed E-state index contributed by atoms with van der Waals surface area (Å²) < 4.78 is 24.5. The highest BCUT2D eigenvalue weighted by Gasteiger charge is 2.19. The monoisotopic (exact) mass is 406 g/mol. The summed E-state index contributed by atoms with van der Waals surface area (Å²) in [6.07, 6.45) is 0. The second kappa shape index (κ2) is 7.57. The van der Waals surface area contributed by atoms with Crippen molar-refractivity contribution >= 4 is 44.4 Å². The van der Waals surface area contributed by atoms with Crippen LogP contribution in [-0.4, -0.2) is 25.1 Å². The molecule has 0 aliphatic heterocycles. The highest BCUT2D eigenvalue weighted by atomic mass is 35.5. The topological polar surface area (TPSA) is 76.1 Å². The van der Waals surface area contributed by atoms with Gasteiger partial charge < -0.3 is 5.32 Å². The van der Waals surface area contributed by atoms with Gasteiger partial charge in [0.1, 0.15) is 5.75 Å². The van der Waals surface area contributed by atoms with E-state index in [9.17, 15) is 13.2 Å². The average Bonchev–Trinajstić information content (AvgIpc) is 3.02. The largest absolute Gasteiger partial charge is 0.325 e. The molecule has 0 saturated heterocycles. The maximum atomic E-state index is 12.3. The van der Waals surface area contributed by atoms with E-state index in [0.717, 1.165) is 16.3 Å². The van der Waals surface area contributed by atoms with E-state index in [1.807, 2.05) is 24.4 Å². The number of benzene rings is 2. The molecule has 1 heterocycles. The smallest absolute Gasteiger partial charge is 0.239 e. The number of nitrogens with one attached hydrogen (secondary N) is 1.